The molecule has 0 aromatic heterocycles. The molecular weight excluding hydrogens is 150 g/mol. The highest BCUT2D eigenvalue weighted by Gasteiger charge is 2.21. The van der Waals surface area contributed by atoms with Gasteiger partial charge in [0.05, 0.1) is 6.10 Å². The zero-order valence-corrected chi connectivity index (χ0v) is 8.47. The first-order valence-electron chi connectivity index (χ1n) is 5.05. The average Bonchev–Trinajstić information content (AvgIpc) is 2.03. The monoisotopic (exact) mass is 171 g/mol. The summed E-state index contributed by atoms with van der Waals surface area (Å²) < 4.78 is 5.58. The summed E-state index contributed by atoms with van der Waals surface area (Å²) in [7, 11) is 0. The molecule has 0 saturated carbocycles. The molecule has 1 N–H and O–H groups in total. The van der Waals surface area contributed by atoms with Crippen LogP contribution in [-0.2, 0) is 4.74 Å². The maximum absolute atomic E-state index is 5.58. The van der Waals surface area contributed by atoms with E-state index < -0.39 is 0 Å². The molecule has 0 bridgehead atoms. The van der Waals surface area contributed by atoms with Crippen LogP contribution >= 0.6 is 0 Å². The van der Waals surface area contributed by atoms with Crippen molar-refractivity contribution in [2.75, 3.05) is 13.2 Å². The summed E-state index contributed by atoms with van der Waals surface area (Å²) in [5.74, 6) is 0.723. The zero-order chi connectivity index (χ0) is 8.97. The maximum atomic E-state index is 5.58. The smallest absolute Gasteiger partial charge is 0.0587 e. The number of hydrogen-bond donors (Lipinski definition) is 1. The summed E-state index contributed by atoms with van der Waals surface area (Å²) >= 11 is 0. The Morgan fingerprint density at radius 2 is 2.25 bits per heavy atom. The fraction of sp³-hybridized carbons (Fsp3) is 1.00. The van der Waals surface area contributed by atoms with Gasteiger partial charge in [0.2, 0.25) is 0 Å². The number of ether oxygens (including phenoxy) is 1. The third kappa shape index (κ3) is 3.11. The number of nitrogens with one attached hydrogen (secondary N) is 1. The summed E-state index contributed by atoms with van der Waals surface area (Å²) in [5, 5.41) is 3.47. The molecule has 0 aliphatic carbocycles. The molecule has 2 atom stereocenters. The lowest BCUT2D eigenvalue weighted by atomic mass is 9.95. The highest BCUT2D eigenvalue weighted by atomic mass is 16.5. The Morgan fingerprint density at radius 1 is 1.50 bits per heavy atom. The Morgan fingerprint density at radius 3 is 2.83 bits per heavy atom. The van der Waals surface area contributed by atoms with Crippen molar-refractivity contribution in [1.82, 2.24) is 5.32 Å². The van der Waals surface area contributed by atoms with Crippen molar-refractivity contribution in [3.8, 4) is 0 Å². The Hall–Kier alpha value is -0.0800. The molecule has 1 aliphatic heterocycles. The quantitative estimate of drug-likeness (QED) is 0.699. The SMILES string of the molecule is CC(C)NCC1CCCOC1C. The maximum Gasteiger partial charge on any atom is 0.0587 e. The molecule has 1 aliphatic rings. The molecule has 2 heteroatoms. The van der Waals surface area contributed by atoms with E-state index in [0.717, 1.165) is 19.1 Å². The lowest BCUT2D eigenvalue weighted by molar-refractivity contribution is -0.0142. The molecule has 72 valence electrons. The van der Waals surface area contributed by atoms with Crippen molar-refractivity contribution in [1.29, 1.82) is 0 Å². The second-order valence-corrected chi connectivity index (χ2v) is 4.04. The Labute approximate surface area is 75.7 Å². The topological polar surface area (TPSA) is 21.3 Å². The highest BCUT2D eigenvalue weighted by molar-refractivity contribution is 4.73. The van der Waals surface area contributed by atoms with Crippen LogP contribution in [0.15, 0.2) is 0 Å². The molecule has 1 saturated heterocycles. The minimum absolute atomic E-state index is 0.449. The van der Waals surface area contributed by atoms with Gasteiger partial charge in [0.25, 0.3) is 0 Å². The minimum Gasteiger partial charge on any atom is -0.378 e. The molecule has 1 rings (SSSR count). The fourth-order valence-electron chi connectivity index (χ4n) is 1.64. The lowest BCUT2D eigenvalue weighted by Crippen LogP contribution is -2.37. The molecule has 2 unspecified atom stereocenters. The summed E-state index contributed by atoms with van der Waals surface area (Å²) in [5.41, 5.74) is 0. The second-order valence-electron chi connectivity index (χ2n) is 4.04. The van der Waals surface area contributed by atoms with Crippen molar-refractivity contribution in [3.63, 3.8) is 0 Å². The molecule has 0 amide bonds. The molecule has 0 spiro atoms. The first kappa shape index (κ1) is 10.0. The summed E-state index contributed by atoms with van der Waals surface area (Å²) in [4.78, 5) is 0. The van der Waals surface area contributed by atoms with Gasteiger partial charge in [-0.25, -0.2) is 0 Å². The van der Waals surface area contributed by atoms with E-state index in [2.05, 4.69) is 26.1 Å². The summed E-state index contributed by atoms with van der Waals surface area (Å²) in [6.45, 7) is 8.63. The van der Waals surface area contributed by atoms with Crippen LogP contribution in [-0.4, -0.2) is 25.3 Å². The molecule has 0 radical (unpaired) electrons. The van der Waals surface area contributed by atoms with E-state index >= 15 is 0 Å². The second kappa shape index (κ2) is 4.83. The molecule has 2 nitrogen and oxygen atoms in total. The molecule has 0 aromatic carbocycles. The van der Waals surface area contributed by atoms with E-state index in [1.807, 2.05) is 0 Å². The van der Waals surface area contributed by atoms with Gasteiger partial charge < -0.3 is 10.1 Å². The van der Waals surface area contributed by atoms with Gasteiger partial charge in [-0.15, -0.1) is 0 Å². The van der Waals surface area contributed by atoms with E-state index in [0.29, 0.717) is 12.1 Å². The van der Waals surface area contributed by atoms with Crippen molar-refractivity contribution in [2.45, 2.75) is 45.8 Å². The van der Waals surface area contributed by atoms with Gasteiger partial charge in [-0.3, -0.25) is 0 Å². The third-order valence-corrected chi connectivity index (χ3v) is 2.55. The standard InChI is InChI=1S/C10H21NO/c1-8(2)11-7-10-5-4-6-12-9(10)3/h8-11H,4-7H2,1-3H3. The van der Waals surface area contributed by atoms with Gasteiger partial charge in [-0.05, 0) is 25.7 Å². The lowest BCUT2D eigenvalue weighted by Gasteiger charge is -2.29. The first-order chi connectivity index (χ1) is 5.70. The van der Waals surface area contributed by atoms with Crippen LogP contribution in [0.25, 0.3) is 0 Å². The predicted octanol–water partition coefficient (Wildman–Crippen LogP) is 1.80. The van der Waals surface area contributed by atoms with E-state index in [1.165, 1.54) is 12.8 Å². The number of rotatable bonds is 3. The van der Waals surface area contributed by atoms with Gasteiger partial charge in [0.1, 0.15) is 0 Å². The summed E-state index contributed by atoms with van der Waals surface area (Å²) in [6.07, 6.45) is 3.00. The molecule has 1 fully saturated rings. The van der Waals surface area contributed by atoms with Gasteiger partial charge in [0, 0.05) is 19.2 Å². The molecule has 12 heavy (non-hydrogen) atoms. The largest absolute Gasteiger partial charge is 0.378 e. The number of hydrogen-bond acceptors (Lipinski definition) is 2. The minimum atomic E-state index is 0.449. The first-order valence-corrected chi connectivity index (χ1v) is 5.05. The highest BCUT2D eigenvalue weighted by Crippen LogP contribution is 2.19. The average molecular weight is 171 g/mol. The van der Waals surface area contributed by atoms with Crippen LogP contribution in [0.1, 0.15) is 33.6 Å². The van der Waals surface area contributed by atoms with E-state index in [9.17, 15) is 0 Å². The predicted molar refractivity (Wildman–Crippen MR) is 51.3 cm³/mol. The van der Waals surface area contributed by atoms with Crippen LogP contribution in [0.2, 0.25) is 0 Å². The van der Waals surface area contributed by atoms with Crippen LogP contribution in [0.4, 0.5) is 0 Å². The Bertz CT molecular complexity index is 125. The Balaban J connectivity index is 2.20. The van der Waals surface area contributed by atoms with Crippen LogP contribution in [0.3, 0.4) is 0 Å². The van der Waals surface area contributed by atoms with Crippen molar-refractivity contribution in [3.05, 3.63) is 0 Å². The molecular formula is C10H21NO. The molecule has 1 heterocycles. The molecule has 0 aromatic rings. The van der Waals surface area contributed by atoms with Crippen LogP contribution in [0.5, 0.6) is 0 Å². The van der Waals surface area contributed by atoms with Crippen LogP contribution in [0, 0.1) is 5.92 Å². The van der Waals surface area contributed by atoms with E-state index in [4.69, 9.17) is 4.74 Å². The van der Waals surface area contributed by atoms with E-state index in [-0.39, 0.29) is 0 Å². The van der Waals surface area contributed by atoms with Crippen molar-refractivity contribution >= 4 is 0 Å². The normalized spacial score (nSPS) is 31.0. The van der Waals surface area contributed by atoms with E-state index in [1.54, 1.807) is 0 Å². The van der Waals surface area contributed by atoms with Crippen molar-refractivity contribution < 1.29 is 4.74 Å². The van der Waals surface area contributed by atoms with Gasteiger partial charge in [-0.2, -0.15) is 0 Å². The van der Waals surface area contributed by atoms with Crippen molar-refractivity contribution in [2.24, 2.45) is 5.92 Å². The van der Waals surface area contributed by atoms with Crippen LogP contribution < -0.4 is 5.32 Å². The zero-order valence-electron chi connectivity index (χ0n) is 8.47. The fourth-order valence-corrected chi connectivity index (χ4v) is 1.64. The summed E-state index contributed by atoms with van der Waals surface area (Å²) in [6, 6.07) is 0.596. The van der Waals surface area contributed by atoms with Gasteiger partial charge in [0.15, 0.2) is 0 Å². The van der Waals surface area contributed by atoms with Gasteiger partial charge in [-0.1, -0.05) is 13.8 Å². The third-order valence-electron chi connectivity index (χ3n) is 2.55. The Kier molecular flexibility index (Phi) is 4.02. The van der Waals surface area contributed by atoms with Gasteiger partial charge >= 0.3 is 0 Å².